The highest BCUT2D eigenvalue weighted by atomic mass is 79.9. The van der Waals surface area contributed by atoms with Crippen LogP contribution < -0.4 is 4.74 Å². The molecule has 0 atom stereocenters. The SMILES string of the molecule is C[Si](C)(C)CCOCn1cnc2cc(Br)c(OC3COC3)cc21. The van der Waals surface area contributed by atoms with Crippen molar-refractivity contribution in [3.8, 4) is 5.75 Å². The maximum atomic E-state index is 5.94. The number of benzene rings is 1. The molecule has 0 amide bonds. The third-order valence-corrected chi connectivity index (χ3v) is 6.13. The Balaban J connectivity index is 1.69. The summed E-state index contributed by atoms with van der Waals surface area (Å²) in [5.41, 5.74) is 1.96. The molecule has 0 N–H and O–H groups in total. The zero-order valence-corrected chi connectivity index (χ0v) is 16.4. The molecule has 126 valence electrons. The van der Waals surface area contributed by atoms with Crippen molar-refractivity contribution in [2.24, 2.45) is 0 Å². The lowest BCUT2D eigenvalue weighted by Gasteiger charge is -2.27. The van der Waals surface area contributed by atoms with Crippen LogP contribution in [0.1, 0.15) is 0 Å². The lowest BCUT2D eigenvalue weighted by molar-refractivity contribution is -0.0799. The van der Waals surface area contributed by atoms with Gasteiger partial charge in [-0.1, -0.05) is 19.6 Å². The van der Waals surface area contributed by atoms with Gasteiger partial charge in [0, 0.05) is 20.7 Å². The van der Waals surface area contributed by atoms with Gasteiger partial charge in [-0.05, 0) is 28.0 Å². The van der Waals surface area contributed by atoms with E-state index in [2.05, 4.69) is 40.6 Å². The number of hydrogen-bond acceptors (Lipinski definition) is 4. The standard InChI is InChI=1S/C16H23BrN2O3Si/c1-23(2,3)5-4-20-11-19-10-18-14-6-13(17)16(7-15(14)19)22-12-8-21-9-12/h6-7,10,12H,4-5,8-9,11H2,1-3H3. The highest BCUT2D eigenvalue weighted by Crippen LogP contribution is 2.31. The van der Waals surface area contributed by atoms with E-state index in [9.17, 15) is 0 Å². The Morgan fingerprint density at radius 3 is 2.78 bits per heavy atom. The summed E-state index contributed by atoms with van der Waals surface area (Å²) in [4.78, 5) is 4.44. The van der Waals surface area contributed by atoms with Gasteiger partial charge < -0.3 is 18.8 Å². The van der Waals surface area contributed by atoms with E-state index < -0.39 is 8.07 Å². The first kappa shape index (κ1) is 16.9. The van der Waals surface area contributed by atoms with Crippen molar-refractivity contribution in [1.29, 1.82) is 0 Å². The Morgan fingerprint density at radius 2 is 2.13 bits per heavy atom. The van der Waals surface area contributed by atoms with Crippen LogP contribution in [-0.2, 0) is 16.2 Å². The molecule has 1 fully saturated rings. The molecule has 1 aromatic heterocycles. The molecule has 3 rings (SSSR count). The van der Waals surface area contributed by atoms with Crippen LogP contribution in [0.25, 0.3) is 11.0 Å². The van der Waals surface area contributed by atoms with Crippen molar-refractivity contribution in [2.75, 3.05) is 19.8 Å². The summed E-state index contributed by atoms with van der Waals surface area (Å²) in [6.45, 7) is 9.70. The van der Waals surface area contributed by atoms with Crippen LogP contribution in [0, 0.1) is 0 Å². The van der Waals surface area contributed by atoms with E-state index in [1.165, 1.54) is 6.04 Å². The zero-order valence-electron chi connectivity index (χ0n) is 13.8. The van der Waals surface area contributed by atoms with Crippen molar-refractivity contribution in [2.45, 2.75) is 38.5 Å². The fraction of sp³-hybridized carbons (Fsp3) is 0.562. The number of aromatic nitrogens is 2. The minimum Gasteiger partial charge on any atom is -0.484 e. The molecule has 0 aliphatic carbocycles. The van der Waals surface area contributed by atoms with Crippen molar-refractivity contribution < 1.29 is 14.2 Å². The first-order chi connectivity index (χ1) is 10.9. The molecule has 1 aliphatic heterocycles. The van der Waals surface area contributed by atoms with Gasteiger partial charge in [-0.3, -0.25) is 0 Å². The van der Waals surface area contributed by atoms with E-state index in [0.29, 0.717) is 19.9 Å². The van der Waals surface area contributed by atoms with Crippen molar-refractivity contribution in [3.63, 3.8) is 0 Å². The number of rotatable bonds is 7. The molecule has 5 nitrogen and oxygen atoms in total. The van der Waals surface area contributed by atoms with Crippen molar-refractivity contribution >= 4 is 35.0 Å². The molecule has 2 aromatic rings. The largest absolute Gasteiger partial charge is 0.484 e. The summed E-state index contributed by atoms with van der Waals surface area (Å²) in [6, 6.07) is 5.18. The molecule has 1 saturated heterocycles. The predicted molar refractivity (Wildman–Crippen MR) is 96.8 cm³/mol. The third-order valence-electron chi connectivity index (χ3n) is 3.80. The Labute approximate surface area is 146 Å². The van der Waals surface area contributed by atoms with E-state index in [-0.39, 0.29) is 6.10 Å². The summed E-state index contributed by atoms with van der Waals surface area (Å²) in [6.07, 6.45) is 1.97. The van der Waals surface area contributed by atoms with E-state index in [0.717, 1.165) is 27.9 Å². The average Bonchev–Trinajstić information content (AvgIpc) is 2.80. The highest BCUT2D eigenvalue weighted by molar-refractivity contribution is 9.10. The number of halogens is 1. The fourth-order valence-corrected chi connectivity index (χ4v) is 3.44. The zero-order chi connectivity index (χ0) is 16.4. The molecule has 1 aromatic carbocycles. The first-order valence-electron chi connectivity index (χ1n) is 7.89. The molecule has 2 heterocycles. The number of nitrogens with zero attached hydrogens (tertiary/aromatic N) is 2. The minimum absolute atomic E-state index is 0.146. The molecular weight excluding hydrogens is 376 g/mol. The summed E-state index contributed by atoms with van der Waals surface area (Å²) >= 11 is 3.55. The Bertz CT molecular complexity index is 680. The maximum absolute atomic E-state index is 5.94. The molecule has 7 heteroatoms. The summed E-state index contributed by atoms with van der Waals surface area (Å²) in [5, 5.41) is 0. The molecule has 0 unspecified atom stereocenters. The van der Waals surface area contributed by atoms with Gasteiger partial charge in [0.2, 0.25) is 0 Å². The Kier molecular flexibility index (Phi) is 5.10. The van der Waals surface area contributed by atoms with Crippen molar-refractivity contribution in [1.82, 2.24) is 9.55 Å². The number of ether oxygens (including phenoxy) is 3. The van der Waals surface area contributed by atoms with E-state index >= 15 is 0 Å². The smallest absolute Gasteiger partial charge is 0.145 e. The lowest BCUT2D eigenvalue weighted by atomic mass is 10.2. The molecule has 0 saturated carbocycles. The monoisotopic (exact) mass is 398 g/mol. The normalized spacial score (nSPS) is 15.8. The number of imidazole rings is 1. The number of fused-ring (bicyclic) bond motifs is 1. The second-order valence-electron chi connectivity index (χ2n) is 7.11. The number of hydrogen-bond donors (Lipinski definition) is 0. The lowest BCUT2D eigenvalue weighted by Crippen LogP contribution is -2.38. The van der Waals surface area contributed by atoms with Gasteiger partial charge in [-0.25, -0.2) is 4.98 Å². The van der Waals surface area contributed by atoms with E-state index in [1.54, 1.807) is 0 Å². The van der Waals surface area contributed by atoms with Gasteiger partial charge >= 0.3 is 0 Å². The van der Waals surface area contributed by atoms with Crippen LogP contribution in [0.4, 0.5) is 0 Å². The second-order valence-corrected chi connectivity index (χ2v) is 13.6. The van der Waals surface area contributed by atoms with E-state index in [1.807, 2.05) is 23.0 Å². The van der Waals surface area contributed by atoms with Crippen LogP contribution in [0.2, 0.25) is 25.7 Å². The van der Waals surface area contributed by atoms with Crippen LogP contribution in [0.3, 0.4) is 0 Å². The molecule has 0 spiro atoms. The van der Waals surface area contributed by atoms with Crippen LogP contribution in [0.5, 0.6) is 5.75 Å². The molecule has 0 bridgehead atoms. The highest BCUT2D eigenvalue weighted by Gasteiger charge is 2.21. The van der Waals surface area contributed by atoms with Crippen LogP contribution in [-0.4, -0.2) is 43.5 Å². The Hall–Kier alpha value is -0.893. The van der Waals surface area contributed by atoms with Crippen LogP contribution >= 0.6 is 15.9 Å². The van der Waals surface area contributed by atoms with Crippen molar-refractivity contribution in [3.05, 3.63) is 22.9 Å². The fourth-order valence-electron chi connectivity index (χ4n) is 2.26. The Morgan fingerprint density at radius 1 is 1.35 bits per heavy atom. The van der Waals surface area contributed by atoms with Gasteiger partial charge in [0.15, 0.2) is 0 Å². The van der Waals surface area contributed by atoms with Gasteiger partial charge in [0.05, 0.1) is 35.0 Å². The summed E-state index contributed by atoms with van der Waals surface area (Å²) in [5.74, 6) is 0.828. The van der Waals surface area contributed by atoms with Gasteiger partial charge in [-0.2, -0.15) is 0 Å². The molecule has 23 heavy (non-hydrogen) atoms. The predicted octanol–water partition coefficient (Wildman–Crippen LogP) is 3.89. The third kappa shape index (κ3) is 4.35. The molecule has 0 radical (unpaired) electrons. The van der Waals surface area contributed by atoms with Gasteiger partial charge in [-0.15, -0.1) is 0 Å². The van der Waals surface area contributed by atoms with Gasteiger partial charge in [0.25, 0.3) is 0 Å². The van der Waals surface area contributed by atoms with E-state index in [4.69, 9.17) is 14.2 Å². The molecular formula is C16H23BrN2O3Si. The second kappa shape index (κ2) is 6.92. The topological polar surface area (TPSA) is 45.5 Å². The maximum Gasteiger partial charge on any atom is 0.145 e. The molecule has 1 aliphatic rings. The van der Waals surface area contributed by atoms with Crippen LogP contribution in [0.15, 0.2) is 22.9 Å². The quantitative estimate of drug-likeness (QED) is 0.524. The minimum atomic E-state index is -1.05. The summed E-state index contributed by atoms with van der Waals surface area (Å²) in [7, 11) is -1.05. The average molecular weight is 399 g/mol. The first-order valence-corrected chi connectivity index (χ1v) is 12.4. The summed E-state index contributed by atoms with van der Waals surface area (Å²) < 4.78 is 19.9. The van der Waals surface area contributed by atoms with Gasteiger partial charge in [0.1, 0.15) is 18.6 Å².